The van der Waals surface area contributed by atoms with Crippen LogP contribution in [-0.2, 0) is 26.2 Å². The van der Waals surface area contributed by atoms with Crippen LogP contribution in [-0.4, -0.2) is 53.5 Å². The predicted octanol–water partition coefficient (Wildman–Crippen LogP) is 4.12. The van der Waals surface area contributed by atoms with E-state index >= 15 is 0 Å². The molecule has 0 N–H and O–H groups in total. The minimum absolute atomic E-state index is 0.0313. The fraction of sp³-hybridized carbons (Fsp3) is 0.435. The molecule has 1 fully saturated rings. The van der Waals surface area contributed by atoms with Gasteiger partial charge in [0.05, 0.1) is 17.6 Å². The van der Waals surface area contributed by atoms with E-state index in [0.717, 1.165) is 16.1 Å². The monoisotopic (exact) mass is 491 g/mol. The first kappa shape index (κ1) is 25.6. The van der Waals surface area contributed by atoms with Gasteiger partial charge >= 0.3 is 6.09 Å². The lowest BCUT2D eigenvalue weighted by Gasteiger charge is -2.38. The Labute approximate surface area is 199 Å². The Morgan fingerprint density at radius 3 is 2.44 bits per heavy atom. The summed E-state index contributed by atoms with van der Waals surface area (Å²) in [5, 5.41) is 11.5. The van der Waals surface area contributed by atoms with Gasteiger partial charge in [0.25, 0.3) is 15.7 Å². The van der Waals surface area contributed by atoms with E-state index in [1.165, 1.54) is 23.1 Å². The lowest BCUT2D eigenvalue weighted by Crippen LogP contribution is -2.52. The van der Waals surface area contributed by atoms with E-state index < -0.39 is 43.3 Å². The van der Waals surface area contributed by atoms with E-state index in [2.05, 4.69) is 0 Å². The molecule has 0 bridgehead atoms. The van der Waals surface area contributed by atoms with Gasteiger partial charge in [0.1, 0.15) is 5.60 Å². The summed E-state index contributed by atoms with van der Waals surface area (Å²) in [7, 11) is -4.44. The van der Waals surface area contributed by atoms with Gasteiger partial charge in [-0.25, -0.2) is 13.2 Å². The van der Waals surface area contributed by atoms with Crippen molar-refractivity contribution in [2.24, 2.45) is 0 Å². The van der Waals surface area contributed by atoms with Crippen LogP contribution in [0.5, 0.6) is 0 Å². The van der Waals surface area contributed by atoms with Crippen LogP contribution in [0.2, 0.25) is 0 Å². The van der Waals surface area contributed by atoms with Crippen molar-refractivity contribution < 1.29 is 27.7 Å². The van der Waals surface area contributed by atoms with Gasteiger partial charge in [-0.2, -0.15) is 0 Å². The molecule has 3 rings (SSSR count). The summed E-state index contributed by atoms with van der Waals surface area (Å²) in [5.74, 6) is 0. The van der Waals surface area contributed by atoms with Crippen LogP contribution >= 0.6 is 0 Å². The van der Waals surface area contributed by atoms with E-state index in [1.54, 1.807) is 45.0 Å². The quantitative estimate of drug-likeness (QED) is 0.422. The molecule has 11 heteroatoms. The van der Waals surface area contributed by atoms with Gasteiger partial charge in [0.2, 0.25) is 0 Å². The van der Waals surface area contributed by atoms with Gasteiger partial charge in [0, 0.05) is 19.2 Å². The number of nitro groups is 1. The highest BCUT2D eigenvalue weighted by molar-refractivity contribution is 7.89. The smallest absolute Gasteiger partial charge is 0.410 e. The number of hydroxylamine groups is 1. The third-order valence-electron chi connectivity index (χ3n) is 5.12. The zero-order chi connectivity index (χ0) is 24.9. The normalized spacial score (nSPS) is 16.9. The molecule has 0 saturated carbocycles. The topological polar surface area (TPSA) is 119 Å². The van der Waals surface area contributed by atoms with E-state index in [0.29, 0.717) is 19.4 Å². The zero-order valence-corrected chi connectivity index (χ0v) is 20.2. The van der Waals surface area contributed by atoms with Gasteiger partial charge in [-0.3, -0.25) is 15.0 Å². The minimum atomic E-state index is -4.44. The van der Waals surface area contributed by atoms with Crippen molar-refractivity contribution in [3.8, 4) is 0 Å². The number of benzene rings is 2. The van der Waals surface area contributed by atoms with Crippen molar-refractivity contribution in [3.63, 3.8) is 0 Å². The van der Waals surface area contributed by atoms with Crippen molar-refractivity contribution in [1.82, 2.24) is 9.37 Å². The first-order valence-electron chi connectivity index (χ1n) is 10.9. The average molecular weight is 492 g/mol. The molecule has 0 radical (unpaired) electrons. The number of nitrogens with zero attached hydrogens (tertiary/aromatic N) is 3. The Morgan fingerprint density at radius 1 is 1.15 bits per heavy atom. The highest BCUT2D eigenvalue weighted by atomic mass is 32.2. The molecule has 0 aromatic heterocycles. The molecule has 0 aliphatic carbocycles. The Bertz CT molecular complexity index is 1120. The van der Waals surface area contributed by atoms with Gasteiger partial charge in [-0.15, -0.1) is 0 Å². The molecule has 1 aliphatic heterocycles. The van der Waals surface area contributed by atoms with Crippen LogP contribution in [0.15, 0.2) is 59.5 Å². The van der Waals surface area contributed by atoms with Crippen molar-refractivity contribution in [2.45, 2.75) is 56.8 Å². The molecular formula is C23H29N3O7S. The van der Waals surface area contributed by atoms with E-state index in [1.807, 2.05) is 6.07 Å². The fourth-order valence-corrected chi connectivity index (χ4v) is 5.23. The molecule has 1 heterocycles. The number of amides is 1. The number of rotatable bonds is 7. The Kier molecular flexibility index (Phi) is 7.90. The van der Waals surface area contributed by atoms with Gasteiger partial charge in [-0.1, -0.05) is 46.9 Å². The maximum absolute atomic E-state index is 13.6. The molecule has 10 nitrogen and oxygen atoms in total. The first-order valence-corrected chi connectivity index (χ1v) is 12.4. The largest absolute Gasteiger partial charge is 0.444 e. The summed E-state index contributed by atoms with van der Waals surface area (Å²) in [6, 6.07) is 13.4. The molecule has 1 amide bonds. The van der Waals surface area contributed by atoms with Crippen LogP contribution in [0.4, 0.5) is 10.5 Å². The highest BCUT2D eigenvalue weighted by Crippen LogP contribution is 2.31. The number of para-hydroxylation sites is 1. The lowest BCUT2D eigenvalue weighted by molar-refractivity contribution is -0.388. The van der Waals surface area contributed by atoms with Crippen LogP contribution in [0.25, 0.3) is 0 Å². The average Bonchev–Trinajstić information content (AvgIpc) is 2.79. The molecule has 0 unspecified atom stereocenters. The van der Waals surface area contributed by atoms with Crippen molar-refractivity contribution in [1.29, 1.82) is 0 Å². The van der Waals surface area contributed by atoms with Gasteiger partial charge in [0.15, 0.2) is 4.90 Å². The summed E-state index contributed by atoms with van der Waals surface area (Å²) < 4.78 is 33.6. The zero-order valence-electron chi connectivity index (χ0n) is 19.4. The summed E-state index contributed by atoms with van der Waals surface area (Å²) in [6.07, 6.45) is 0.374. The van der Waals surface area contributed by atoms with Gasteiger partial charge in [-0.05, 0) is 45.2 Å². The molecule has 1 atom stereocenters. The summed E-state index contributed by atoms with van der Waals surface area (Å²) in [6.45, 7) is 5.62. The van der Waals surface area contributed by atoms with E-state index in [4.69, 9.17) is 9.57 Å². The molecule has 34 heavy (non-hydrogen) atoms. The molecule has 2 aromatic rings. The number of sulfonamides is 1. The SMILES string of the molecule is CC(C)(C)OC(=O)N1CCC[C@@H](N(OCc2ccccc2)S(=O)(=O)c2ccccc2[N+](=O)[O-])C1. The third kappa shape index (κ3) is 6.31. The number of nitro benzene ring substituents is 1. The van der Waals surface area contributed by atoms with Crippen molar-refractivity contribution in [3.05, 3.63) is 70.3 Å². The number of hydrogen-bond acceptors (Lipinski definition) is 7. The maximum Gasteiger partial charge on any atom is 0.410 e. The number of hydrogen-bond donors (Lipinski definition) is 0. The molecule has 0 spiro atoms. The number of carbonyl (C=O) groups is 1. The second-order valence-corrected chi connectivity index (χ2v) is 10.7. The fourth-order valence-electron chi connectivity index (χ4n) is 3.63. The Morgan fingerprint density at radius 2 is 1.79 bits per heavy atom. The molecular weight excluding hydrogens is 462 g/mol. The predicted molar refractivity (Wildman–Crippen MR) is 124 cm³/mol. The maximum atomic E-state index is 13.6. The molecule has 2 aromatic carbocycles. The van der Waals surface area contributed by atoms with Crippen LogP contribution in [0.3, 0.4) is 0 Å². The van der Waals surface area contributed by atoms with Crippen LogP contribution < -0.4 is 0 Å². The summed E-state index contributed by atoms with van der Waals surface area (Å²) >= 11 is 0. The molecule has 1 aliphatic rings. The first-order chi connectivity index (χ1) is 16.0. The van der Waals surface area contributed by atoms with E-state index in [-0.39, 0.29) is 13.2 Å². The number of likely N-dealkylation sites (tertiary alicyclic amines) is 1. The van der Waals surface area contributed by atoms with Crippen molar-refractivity contribution in [2.75, 3.05) is 13.1 Å². The summed E-state index contributed by atoms with van der Waals surface area (Å²) in [4.78, 5) is 30.2. The second kappa shape index (κ2) is 10.5. The van der Waals surface area contributed by atoms with Crippen molar-refractivity contribution >= 4 is 21.8 Å². The van der Waals surface area contributed by atoms with Crippen LogP contribution in [0, 0.1) is 10.1 Å². The standard InChI is InChI=1S/C23H29N3O7S/c1-23(2,3)33-22(27)24-15-9-12-19(16-24)26(32-17-18-10-5-4-6-11-18)34(30,31)21-14-8-7-13-20(21)25(28)29/h4-8,10-11,13-14,19H,9,12,15-17H2,1-3H3/t19-/m1/s1. The lowest BCUT2D eigenvalue weighted by atomic mass is 10.1. The number of carbonyl (C=O) groups excluding carboxylic acids is 1. The summed E-state index contributed by atoms with van der Waals surface area (Å²) in [5.41, 5.74) is -0.523. The molecule has 1 saturated heterocycles. The third-order valence-corrected chi connectivity index (χ3v) is 6.90. The Hall–Kier alpha value is -3.02. The Balaban J connectivity index is 1.94. The van der Waals surface area contributed by atoms with Crippen LogP contribution in [0.1, 0.15) is 39.2 Å². The van der Waals surface area contributed by atoms with E-state index in [9.17, 15) is 23.3 Å². The number of piperidine rings is 1. The second-order valence-electron chi connectivity index (χ2n) is 8.97. The van der Waals surface area contributed by atoms with Gasteiger partial charge < -0.3 is 9.64 Å². The number of ether oxygens (including phenoxy) is 1. The minimum Gasteiger partial charge on any atom is -0.444 e. The highest BCUT2D eigenvalue weighted by Gasteiger charge is 2.40. The molecule has 184 valence electrons.